The lowest BCUT2D eigenvalue weighted by molar-refractivity contribution is -0.114. The Hall–Kier alpha value is -0.0200. The summed E-state index contributed by atoms with van der Waals surface area (Å²) < 4.78 is 5.45. The fraction of sp³-hybridized carbons (Fsp3) is 0.889. The van der Waals surface area contributed by atoms with Gasteiger partial charge in [0.25, 0.3) is 0 Å². The van der Waals surface area contributed by atoms with Gasteiger partial charge in [0.05, 0.1) is 5.60 Å². The number of hydrogen-bond donors (Lipinski definition) is 0. The van der Waals surface area contributed by atoms with E-state index in [1.54, 1.807) is 7.11 Å². The molecular formula is C9H16O2S. The molecule has 0 spiro atoms. The lowest BCUT2D eigenvalue weighted by Gasteiger charge is -2.28. The molecule has 1 heterocycles. The highest BCUT2D eigenvalue weighted by Gasteiger charge is 2.30. The van der Waals surface area contributed by atoms with Crippen molar-refractivity contribution >= 4 is 18.0 Å². The lowest BCUT2D eigenvalue weighted by Crippen LogP contribution is -2.31. The van der Waals surface area contributed by atoms with Crippen molar-refractivity contribution in [1.29, 1.82) is 0 Å². The zero-order valence-electron chi connectivity index (χ0n) is 7.54. The number of aldehydes is 1. The number of carbonyl (C=O) groups is 1. The first-order valence-electron chi connectivity index (χ1n) is 4.39. The van der Waals surface area contributed by atoms with E-state index in [0.29, 0.717) is 6.42 Å². The van der Waals surface area contributed by atoms with Gasteiger partial charge < -0.3 is 9.53 Å². The second kappa shape index (κ2) is 4.87. The van der Waals surface area contributed by atoms with E-state index in [2.05, 4.69) is 0 Å². The van der Waals surface area contributed by atoms with Crippen molar-refractivity contribution < 1.29 is 9.53 Å². The molecule has 0 aliphatic carbocycles. The average Bonchev–Trinajstić information content (AvgIpc) is 2.32. The fourth-order valence-corrected chi connectivity index (χ4v) is 2.69. The first-order chi connectivity index (χ1) is 5.83. The predicted octanol–water partition coefficient (Wildman–Crippen LogP) is 1.88. The summed E-state index contributed by atoms with van der Waals surface area (Å²) in [5.41, 5.74) is -0.134. The van der Waals surface area contributed by atoms with Crippen LogP contribution < -0.4 is 0 Å². The quantitative estimate of drug-likeness (QED) is 0.633. The summed E-state index contributed by atoms with van der Waals surface area (Å²) in [5.74, 6) is 2.34. The van der Waals surface area contributed by atoms with Crippen LogP contribution in [0.1, 0.15) is 25.7 Å². The van der Waals surface area contributed by atoms with Crippen LogP contribution in [0.25, 0.3) is 0 Å². The summed E-state index contributed by atoms with van der Waals surface area (Å²) in [6.45, 7) is 0. The van der Waals surface area contributed by atoms with E-state index < -0.39 is 0 Å². The van der Waals surface area contributed by atoms with Crippen LogP contribution in [0.5, 0.6) is 0 Å². The van der Waals surface area contributed by atoms with Crippen LogP contribution in [0.4, 0.5) is 0 Å². The van der Waals surface area contributed by atoms with Crippen molar-refractivity contribution in [3.8, 4) is 0 Å². The number of hydrogen-bond acceptors (Lipinski definition) is 3. The van der Waals surface area contributed by atoms with Gasteiger partial charge in [-0.15, -0.1) is 0 Å². The Morgan fingerprint density at radius 1 is 1.50 bits per heavy atom. The van der Waals surface area contributed by atoms with E-state index in [1.165, 1.54) is 12.2 Å². The van der Waals surface area contributed by atoms with E-state index in [-0.39, 0.29) is 5.60 Å². The molecule has 0 N–H and O–H groups in total. The molecule has 0 aromatic heterocycles. The summed E-state index contributed by atoms with van der Waals surface area (Å²) >= 11 is 1.96. The number of ether oxygens (including phenoxy) is 1. The van der Waals surface area contributed by atoms with Crippen LogP contribution >= 0.6 is 11.8 Å². The van der Waals surface area contributed by atoms with Crippen molar-refractivity contribution in [2.75, 3.05) is 18.6 Å². The van der Waals surface area contributed by atoms with Crippen molar-refractivity contribution in [3.63, 3.8) is 0 Å². The third kappa shape index (κ3) is 2.49. The lowest BCUT2D eigenvalue weighted by atomic mass is 9.92. The van der Waals surface area contributed by atoms with Crippen LogP contribution in [0.15, 0.2) is 0 Å². The van der Waals surface area contributed by atoms with Gasteiger partial charge in [0.15, 0.2) is 0 Å². The molecule has 1 aliphatic rings. The first kappa shape index (κ1) is 10.1. The van der Waals surface area contributed by atoms with Crippen LogP contribution in [0.3, 0.4) is 0 Å². The highest BCUT2D eigenvalue weighted by molar-refractivity contribution is 7.99. The van der Waals surface area contributed by atoms with Gasteiger partial charge >= 0.3 is 0 Å². The normalized spacial score (nSPS) is 31.1. The average molecular weight is 188 g/mol. The highest BCUT2D eigenvalue weighted by Crippen LogP contribution is 2.30. The topological polar surface area (TPSA) is 26.3 Å². The molecule has 0 bridgehead atoms. The zero-order chi connectivity index (χ0) is 8.86. The van der Waals surface area contributed by atoms with Gasteiger partial charge in [0.1, 0.15) is 6.29 Å². The molecule has 70 valence electrons. The Bertz CT molecular complexity index is 139. The maximum Gasteiger partial charge on any atom is 0.122 e. The van der Waals surface area contributed by atoms with Gasteiger partial charge in [-0.2, -0.15) is 11.8 Å². The van der Waals surface area contributed by atoms with E-state index in [4.69, 9.17) is 4.74 Å². The third-order valence-electron chi connectivity index (χ3n) is 2.51. The maximum absolute atomic E-state index is 10.5. The Kier molecular flexibility index (Phi) is 4.09. The predicted molar refractivity (Wildman–Crippen MR) is 51.6 cm³/mol. The SMILES string of the molecule is COC1(CC=O)CCCSCC1. The van der Waals surface area contributed by atoms with Gasteiger partial charge in [-0.05, 0) is 30.8 Å². The van der Waals surface area contributed by atoms with E-state index in [9.17, 15) is 4.79 Å². The van der Waals surface area contributed by atoms with Crippen molar-refractivity contribution in [1.82, 2.24) is 0 Å². The van der Waals surface area contributed by atoms with E-state index >= 15 is 0 Å². The van der Waals surface area contributed by atoms with Gasteiger partial charge in [-0.1, -0.05) is 0 Å². The number of carbonyl (C=O) groups excluding carboxylic acids is 1. The van der Waals surface area contributed by atoms with Crippen LogP contribution in [-0.4, -0.2) is 30.5 Å². The fourth-order valence-electron chi connectivity index (χ4n) is 1.63. The van der Waals surface area contributed by atoms with Crippen molar-refractivity contribution in [3.05, 3.63) is 0 Å². The smallest absolute Gasteiger partial charge is 0.122 e. The molecule has 2 nitrogen and oxygen atoms in total. The molecule has 3 heteroatoms. The molecule has 1 saturated heterocycles. The maximum atomic E-state index is 10.5. The summed E-state index contributed by atoms with van der Waals surface area (Å²) in [7, 11) is 1.72. The molecule has 0 radical (unpaired) electrons. The summed E-state index contributed by atoms with van der Waals surface area (Å²) in [4.78, 5) is 10.5. The summed E-state index contributed by atoms with van der Waals surface area (Å²) in [5, 5.41) is 0. The van der Waals surface area contributed by atoms with Gasteiger partial charge in [0, 0.05) is 13.5 Å². The Morgan fingerprint density at radius 3 is 3.00 bits per heavy atom. The van der Waals surface area contributed by atoms with Gasteiger partial charge in [0.2, 0.25) is 0 Å². The largest absolute Gasteiger partial charge is 0.378 e. The van der Waals surface area contributed by atoms with E-state index in [0.717, 1.165) is 24.9 Å². The van der Waals surface area contributed by atoms with Crippen LogP contribution in [-0.2, 0) is 9.53 Å². The number of methoxy groups -OCH3 is 1. The molecule has 1 fully saturated rings. The van der Waals surface area contributed by atoms with E-state index in [1.807, 2.05) is 11.8 Å². The molecule has 1 unspecified atom stereocenters. The zero-order valence-corrected chi connectivity index (χ0v) is 8.36. The van der Waals surface area contributed by atoms with Gasteiger partial charge in [-0.25, -0.2) is 0 Å². The highest BCUT2D eigenvalue weighted by atomic mass is 32.2. The molecule has 0 saturated carbocycles. The summed E-state index contributed by atoms with van der Waals surface area (Å²) in [6, 6.07) is 0. The summed E-state index contributed by atoms with van der Waals surface area (Å²) in [6.07, 6.45) is 4.78. The first-order valence-corrected chi connectivity index (χ1v) is 5.55. The Balaban J connectivity index is 2.54. The Labute approximate surface area is 78.1 Å². The second-order valence-electron chi connectivity index (χ2n) is 3.22. The van der Waals surface area contributed by atoms with Crippen LogP contribution in [0.2, 0.25) is 0 Å². The minimum absolute atomic E-state index is 0.134. The van der Waals surface area contributed by atoms with Crippen molar-refractivity contribution in [2.45, 2.75) is 31.3 Å². The molecule has 1 atom stereocenters. The molecule has 12 heavy (non-hydrogen) atoms. The molecule has 0 aromatic rings. The van der Waals surface area contributed by atoms with Gasteiger partial charge in [-0.3, -0.25) is 0 Å². The molecule has 0 aromatic carbocycles. The minimum atomic E-state index is -0.134. The standard InChI is InChI=1S/C9H16O2S/c1-11-9(4-6-10)3-2-7-12-8-5-9/h6H,2-5,7-8H2,1H3. The minimum Gasteiger partial charge on any atom is -0.378 e. The Morgan fingerprint density at radius 2 is 2.33 bits per heavy atom. The molecular weight excluding hydrogens is 172 g/mol. The molecule has 1 aliphatic heterocycles. The number of thioether (sulfide) groups is 1. The van der Waals surface area contributed by atoms with Crippen molar-refractivity contribution in [2.24, 2.45) is 0 Å². The third-order valence-corrected chi connectivity index (χ3v) is 3.58. The number of rotatable bonds is 3. The molecule has 1 rings (SSSR count). The monoisotopic (exact) mass is 188 g/mol. The van der Waals surface area contributed by atoms with Crippen LogP contribution in [0, 0.1) is 0 Å². The second-order valence-corrected chi connectivity index (χ2v) is 4.45. The molecule has 0 amide bonds.